The minimum absolute atomic E-state index is 0.0258. The molecule has 2 rings (SSSR count). The van der Waals surface area contributed by atoms with Crippen LogP contribution in [-0.4, -0.2) is 33.9 Å². The van der Waals surface area contributed by atoms with Gasteiger partial charge in [0.15, 0.2) is 0 Å². The van der Waals surface area contributed by atoms with Crippen LogP contribution in [0.4, 0.5) is 0 Å². The molecular formula is C21H22N6O2. The number of nitrogens with one attached hydrogen (secondary N) is 2. The Hall–Kier alpha value is -3.99. The van der Waals surface area contributed by atoms with Crippen LogP contribution in [0.5, 0.6) is 0 Å². The Kier molecular flexibility index (Phi) is 6.82. The lowest BCUT2D eigenvalue weighted by Gasteiger charge is -2.17. The lowest BCUT2D eigenvalue weighted by atomic mass is 10.1. The maximum absolute atomic E-state index is 12.8. The van der Waals surface area contributed by atoms with E-state index in [1.54, 1.807) is 68.2 Å². The lowest BCUT2D eigenvalue weighted by Crippen LogP contribution is -2.42. The van der Waals surface area contributed by atoms with Gasteiger partial charge >= 0.3 is 0 Å². The quantitative estimate of drug-likeness (QED) is 0.430. The van der Waals surface area contributed by atoms with Crippen molar-refractivity contribution >= 4 is 18.5 Å². The van der Waals surface area contributed by atoms with Gasteiger partial charge in [0.05, 0.1) is 17.3 Å². The third-order valence-corrected chi connectivity index (χ3v) is 3.87. The van der Waals surface area contributed by atoms with Gasteiger partial charge in [-0.2, -0.15) is 10.4 Å². The van der Waals surface area contributed by atoms with Gasteiger partial charge in [0.1, 0.15) is 11.2 Å². The molecule has 2 aromatic rings. The molecule has 1 aromatic carbocycles. The molecule has 2 N–H and O–H groups in total. The minimum Gasteiger partial charge on any atom is -0.333 e. The van der Waals surface area contributed by atoms with Crippen molar-refractivity contribution in [3.63, 3.8) is 0 Å². The average Bonchev–Trinajstić information content (AvgIpc) is 3.25. The molecule has 0 spiro atoms. The normalized spacial score (nSPS) is 12.1. The van der Waals surface area contributed by atoms with Crippen molar-refractivity contribution in [3.8, 4) is 11.8 Å². The molecule has 2 amide bonds. The van der Waals surface area contributed by atoms with Crippen LogP contribution in [-0.2, 0) is 4.79 Å². The van der Waals surface area contributed by atoms with E-state index in [1.165, 1.54) is 6.08 Å². The molecule has 0 aliphatic rings. The van der Waals surface area contributed by atoms with Crippen molar-refractivity contribution in [2.75, 3.05) is 0 Å². The highest BCUT2D eigenvalue weighted by molar-refractivity contribution is 5.99. The molecule has 0 radical (unpaired) electrons. The van der Waals surface area contributed by atoms with Crippen molar-refractivity contribution in [2.24, 2.45) is 4.99 Å². The molecule has 0 aliphatic heterocycles. The molecule has 8 nitrogen and oxygen atoms in total. The van der Waals surface area contributed by atoms with Crippen LogP contribution in [0.15, 0.2) is 71.3 Å². The Labute approximate surface area is 169 Å². The summed E-state index contributed by atoms with van der Waals surface area (Å²) in [6, 6.07) is 10.8. The average molecular weight is 390 g/mol. The molecule has 0 bridgehead atoms. The number of nitrogens with zero attached hydrogens (tertiary/aromatic N) is 4. The lowest BCUT2D eigenvalue weighted by molar-refractivity contribution is -0.118. The number of amides is 2. The second kappa shape index (κ2) is 9.28. The van der Waals surface area contributed by atoms with Crippen LogP contribution in [0.3, 0.4) is 0 Å². The summed E-state index contributed by atoms with van der Waals surface area (Å²) in [5.74, 6) is -0.946. The molecule has 0 aliphatic carbocycles. The highest BCUT2D eigenvalue weighted by Gasteiger charge is 2.22. The Balaban J connectivity index is 2.25. The SMILES string of the molecule is C=N/C(=C\C(=C/C)NC(=O)c1ccccc1-n1cccn1)C(=O)NC(C)(C)C#N. The number of rotatable bonds is 7. The molecule has 0 saturated carbocycles. The van der Waals surface area contributed by atoms with Gasteiger partial charge < -0.3 is 10.6 Å². The van der Waals surface area contributed by atoms with Crippen molar-refractivity contribution in [1.29, 1.82) is 5.26 Å². The zero-order chi connectivity index (χ0) is 21.4. The maximum Gasteiger partial charge on any atom is 0.271 e. The predicted octanol–water partition coefficient (Wildman–Crippen LogP) is 2.51. The fourth-order valence-corrected chi connectivity index (χ4v) is 2.37. The van der Waals surface area contributed by atoms with E-state index in [0.717, 1.165) is 0 Å². The standard InChI is InChI=1S/C21H22N6O2/c1-5-15(13-17(23-4)20(29)26-21(2,3)14-22)25-19(28)16-9-6-7-10-18(16)27-12-8-11-24-27/h5-13H,4H2,1-3H3,(H,25,28)(H,26,29)/b15-5+,17-13-. The maximum atomic E-state index is 12.8. The van der Waals surface area contributed by atoms with E-state index < -0.39 is 11.4 Å². The van der Waals surface area contributed by atoms with E-state index in [4.69, 9.17) is 5.26 Å². The van der Waals surface area contributed by atoms with Gasteiger partial charge in [-0.3, -0.25) is 14.6 Å². The van der Waals surface area contributed by atoms with E-state index in [1.807, 2.05) is 12.1 Å². The first-order chi connectivity index (χ1) is 13.8. The van der Waals surface area contributed by atoms with Crippen LogP contribution >= 0.6 is 0 Å². The molecule has 8 heteroatoms. The van der Waals surface area contributed by atoms with Crippen LogP contribution in [0.25, 0.3) is 5.69 Å². The molecular weight excluding hydrogens is 368 g/mol. The summed E-state index contributed by atoms with van der Waals surface area (Å²) in [5, 5.41) is 18.5. The van der Waals surface area contributed by atoms with E-state index >= 15 is 0 Å². The number of nitriles is 1. The van der Waals surface area contributed by atoms with Crippen molar-refractivity contribution in [2.45, 2.75) is 26.3 Å². The van der Waals surface area contributed by atoms with Gasteiger partial charge in [0.2, 0.25) is 0 Å². The molecule has 1 aromatic heterocycles. The Bertz CT molecular complexity index is 1010. The summed E-state index contributed by atoms with van der Waals surface area (Å²) in [6.07, 6.45) is 6.38. The number of aromatic nitrogens is 2. The highest BCUT2D eigenvalue weighted by atomic mass is 16.2. The summed E-state index contributed by atoms with van der Waals surface area (Å²) >= 11 is 0. The third kappa shape index (κ3) is 5.49. The van der Waals surface area contributed by atoms with Crippen LogP contribution in [0, 0.1) is 11.3 Å². The van der Waals surface area contributed by atoms with Gasteiger partial charge in [-0.25, -0.2) is 4.68 Å². The van der Waals surface area contributed by atoms with Gasteiger partial charge in [-0.15, -0.1) is 0 Å². The second-order valence-corrected chi connectivity index (χ2v) is 6.54. The summed E-state index contributed by atoms with van der Waals surface area (Å²) < 4.78 is 1.59. The smallest absolute Gasteiger partial charge is 0.271 e. The number of carbonyl (C=O) groups excluding carboxylic acids is 2. The van der Waals surface area contributed by atoms with E-state index in [-0.39, 0.29) is 11.6 Å². The van der Waals surface area contributed by atoms with Gasteiger partial charge in [-0.05, 0) is 51.8 Å². The number of para-hydroxylation sites is 1. The first kappa shape index (κ1) is 21.3. The zero-order valence-corrected chi connectivity index (χ0v) is 16.5. The van der Waals surface area contributed by atoms with Crippen LogP contribution in [0.2, 0.25) is 0 Å². The topological polar surface area (TPSA) is 112 Å². The molecule has 1 heterocycles. The summed E-state index contributed by atoms with van der Waals surface area (Å²) in [6.45, 7) is 8.24. The largest absolute Gasteiger partial charge is 0.333 e. The van der Waals surface area contributed by atoms with Gasteiger partial charge in [-0.1, -0.05) is 18.2 Å². The summed E-state index contributed by atoms with van der Waals surface area (Å²) in [7, 11) is 0. The molecule has 0 atom stereocenters. The van der Waals surface area contributed by atoms with Crippen molar-refractivity contribution < 1.29 is 9.59 Å². The first-order valence-corrected chi connectivity index (χ1v) is 8.80. The Morgan fingerprint density at radius 2 is 2.03 bits per heavy atom. The summed E-state index contributed by atoms with van der Waals surface area (Å²) in [5.41, 5.74) is 0.292. The molecule has 0 saturated heterocycles. The Morgan fingerprint density at radius 1 is 1.31 bits per heavy atom. The number of hydrogen-bond donors (Lipinski definition) is 2. The molecule has 29 heavy (non-hydrogen) atoms. The second-order valence-electron chi connectivity index (χ2n) is 6.54. The first-order valence-electron chi connectivity index (χ1n) is 8.80. The van der Waals surface area contributed by atoms with E-state index in [0.29, 0.717) is 16.9 Å². The zero-order valence-electron chi connectivity index (χ0n) is 16.5. The molecule has 148 valence electrons. The highest BCUT2D eigenvalue weighted by Crippen LogP contribution is 2.14. The third-order valence-electron chi connectivity index (χ3n) is 3.87. The monoisotopic (exact) mass is 390 g/mol. The Morgan fingerprint density at radius 3 is 2.62 bits per heavy atom. The summed E-state index contributed by atoms with van der Waals surface area (Å²) in [4.78, 5) is 28.9. The van der Waals surface area contributed by atoms with E-state index in [9.17, 15) is 9.59 Å². The van der Waals surface area contributed by atoms with Crippen molar-refractivity contribution in [1.82, 2.24) is 20.4 Å². The number of allylic oxidation sites excluding steroid dienone is 2. The number of aliphatic imine (C=N–C) groups is 1. The van der Waals surface area contributed by atoms with Gasteiger partial charge in [0, 0.05) is 18.1 Å². The predicted molar refractivity (Wildman–Crippen MR) is 110 cm³/mol. The number of hydrogen-bond acceptors (Lipinski definition) is 5. The van der Waals surface area contributed by atoms with Gasteiger partial charge in [0.25, 0.3) is 11.8 Å². The van der Waals surface area contributed by atoms with Crippen LogP contribution < -0.4 is 10.6 Å². The fourth-order valence-electron chi connectivity index (χ4n) is 2.37. The number of carbonyl (C=O) groups is 2. The van der Waals surface area contributed by atoms with Crippen molar-refractivity contribution in [3.05, 3.63) is 71.8 Å². The van der Waals surface area contributed by atoms with E-state index in [2.05, 4.69) is 27.4 Å². The fraction of sp³-hybridized carbons (Fsp3) is 0.190. The minimum atomic E-state index is -1.07. The van der Waals surface area contributed by atoms with Crippen LogP contribution in [0.1, 0.15) is 31.1 Å². The molecule has 0 fully saturated rings. The number of benzene rings is 1. The molecule has 0 unspecified atom stereocenters.